The lowest BCUT2D eigenvalue weighted by molar-refractivity contribution is 1.37. The van der Waals surface area contributed by atoms with Crippen LogP contribution in [0, 0.1) is 13.8 Å². The molecular formula is C32H30S2. The molecule has 0 spiro atoms. The second kappa shape index (κ2) is 12.5. The van der Waals surface area contributed by atoms with Crippen molar-refractivity contribution in [1.29, 1.82) is 0 Å². The average molecular weight is 479 g/mol. The molecule has 0 aliphatic carbocycles. The normalized spacial score (nSPS) is 12.1. The van der Waals surface area contributed by atoms with Crippen LogP contribution in [0.5, 0.6) is 0 Å². The van der Waals surface area contributed by atoms with Gasteiger partial charge < -0.3 is 0 Å². The van der Waals surface area contributed by atoms with Crippen LogP contribution in [0.1, 0.15) is 33.4 Å². The van der Waals surface area contributed by atoms with Crippen molar-refractivity contribution in [2.75, 3.05) is 0 Å². The Labute approximate surface area is 212 Å². The van der Waals surface area contributed by atoms with Crippen LogP contribution in [0.3, 0.4) is 0 Å². The Bertz CT molecular complexity index is 1120. The third-order valence-corrected chi connectivity index (χ3v) is 7.85. The molecule has 0 aliphatic heterocycles. The van der Waals surface area contributed by atoms with Gasteiger partial charge in [-0.1, -0.05) is 120 Å². The van der Waals surface area contributed by atoms with Crippen molar-refractivity contribution in [3.05, 3.63) is 155 Å². The lowest BCUT2D eigenvalue weighted by atomic mass is 10.2. The summed E-state index contributed by atoms with van der Waals surface area (Å²) >= 11 is 3.79. The summed E-state index contributed by atoms with van der Waals surface area (Å²) in [5.41, 5.74) is 7.80. The molecule has 0 bridgehead atoms. The predicted octanol–water partition coefficient (Wildman–Crippen LogP) is 9.55. The summed E-state index contributed by atoms with van der Waals surface area (Å²) in [5.74, 6) is 1.90. The second-order valence-corrected chi connectivity index (χ2v) is 10.4. The molecule has 0 aromatic heterocycles. The fraction of sp³-hybridized carbons (Fsp3) is 0.125. The quantitative estimate of drug-likeness (QED) is 0.220. The Morgan fingerprint density at radius 3 is 1.21 bits per heavy atom. The van der Waals surface area contributed by atoms with Gasteiger partial charge in [0.15, 0.2) is 0 Å². The maximum absolute atomic E-state index is 2.29. The molecule has 4 aromatic rings. The standard InChI is InChI=1S/C32H30S2/c1-25-13-17-27(18-14-25)23-33-31(29-9-5-3-6-10-29)21-22-32(30-11-7-4-8-12-30)34-24-28-19-15-26(2)16-20-28/h3-22H,23-24H2,1-2H3/b31-21-,32-22-. The van der Waals surface area contributed by atoms with Crippen molar-refractivity contribution in [2.45, 2.75) is 25.4 Å². The zero-order chi connectivity index (χ0) is 23.6. The first-order chi connectivity index (χ1) is 16.7. The first-order valence-corrected chi connectivity index (χ1v) is 13.5. The van der Waals surface area contributed by atoms with Crippen LogP contribution in [-0.2, 0) is 11.5 Å². The Kier molecular flexibility index (Phi) is 8.90. The smallest absolute Gasteiger partial charge is 0.0232 e. The molecule has 0 fully saturated rings. The molecular weight excluding hydrogens is 448 g/mol. The Morgan fingerprint density at radius 2 is 0.853 bits per heavy atom. The van der Waals surface area contributed by atoms with Crippen LogP contribution in [0.15, 0.2) is 121 Å². The highest BCUT2D eigenvalue weighted by Gasteiger charge is 2.06. The van der Waals surface area contributed by atoms with Gasteiger partial charge in [-0.3, -0.25) is 0 Å². The highest BCUT2D eigenvalue weighted by atomic mass is 32.2. The molecule has 0 radical (unpaired) electrons. The molecule has 0 heterocycles. The van der Waals surface area contributed by atoms with Crippen LogP contribution in [0.2, 0.25) is 0 Å². The average Bonchev–Trinajstić information content (AvgIpc) is 2.89. The number of allylic oxidation sites excluding steroid dienone is 2. The molecule has 4 rings (SSSR count). The van der Waals surface area contributed by atoms with Crippen molar-refractivity contribution >= 4 is 33.3 Å². The Hall–Kier alpha value is -2.94. The number of rotatable bonds is 9. The third kappa shape index (κ3) is 7.28. The van der Waals surface area contributed by atoms with Gasteiger partial charge in [0.2, 0.25) is 0 Å². The molecule has 170 valence electrons. The predicted molar refractivity (Wildman–Crippen MR) is 154 cm³/mol. The highest BCUT2D eigenvalue weighted by Crippen LogP contribution is 2.34. The first kappa shape index (κ1) is 24.2. The molecule has 0 atom stereocenters. The molecule has 0 amide bonds. The maximum atomic E-state index is 2.29. The second-order valence-electron chi connectivity index (χ2n) is 8.34. The van der Waals surface area contributed by atoms with Gasteiger partial charge >= 0.3 is 0 Å². The van der Waals surface area contributed by atoms with Gasteiger partial charge in [-0.05, 0) is 48.3 Å². The zero-order valence-electron chi connectivity index (χ0n) is 19.8. The van der Waals surface area contributed by atoms with E-state index in [1.165, 1.54) is 43.2 Å². The summed E-state index contributed by atoms with van der Waals surface area (Å²) in [6, 6.07) is 39.1. The van der Waals surface area contributed by atoms with Gasteiger partial charge in [-0.15, -0.1) is 23.5 Å². The van der Waals surface area contributed by atoms with E-state index in [2.05, 4.69) is 135 Å². The Morgan fingerprint density at radius 1 is 0.500 bits per heavy atom. The van der Waals surface area contributed by atoms with Crippen molar-refractivity contribution in [3.63, 3.8) is 0 Å². The summed E-state index contributed by atoms with van der Waals surface area (Å²) in [4.78, 5) is 2.57. The van der Waals surface area contributed by atoms with E-state index in [4.69, 9.17) is 0 Å². The molecule has 0 saturated carbocycles. The molecule has 0 saturated heterocycles. The summed E-state index contributed by atoms with van der Waals surface area (Å²) in [6.45, 7) is 4.27. The van der Waals surface area contributed by atoms with Gasteiger partial charge in [-0.25, -0.2) is 0 Å². The zero-order valence-corrected chi connectivity index (χ0v) is 21.4. The number of benzene rings is 4. The number of hydrogen-bond acceptors (Lipinski definition) is 2. The molecule has 0 aliphatic rings. The highest BCUT2D eigenvalue weighted by molar-refractivity contribution is 8.08. The number of hydrogen-bond donors (Lipinski definition) is 0. The SMILES string of the molecule is Cc1ccc(CS/C(=C\C=C(/SCc2ccc(C)cc2)c2ccccc2)c2ccccc2)cc1. The lowest BCUT2D eigenvalue weighted by Crippen LogP contribution is -1.86. The van der Waals surface area contributed by atoms with Gasteiger partial charge in [0.25, 0.3) is 0 Å². The summed E-state index contributed by atoms with van der Waals surface area (Å²) in [5, 5.41) is 0. The van der Waals surface area contributed by atoms with E-state index in [1.807, 2.05) is 23.5 Å². The minimum absolute atomic E-state index is 0.950. The molecule has 0 unspecified atom stereocenters. The fourth-order valence-corrected chi connectivity index (χ4v) is 5.47. The monoisotopic (exact) mass is 478 g/mol. The number of thioether (sulfide) groups is 2. The van der Waals surface area contributed by atoms with Gasteiger partial charge in [0, 0.05) is 21.3 Å². The van der Waals surface area contributed by atoms with E-state index >= 15 is 0 Å². The van der Waals surface area contributed by atoms with E-state index < -0.39 is 0 Å². The van der Waals surface area contributed by atoms with Crippen LogP contribution < -0.4 is 0 Å². The van der Waals surface area contributed by atoms with Crippen molar-refractivity contribution in [2.24, 2.45) is 0 Å². The summed E-state index contributed by atoms with van der Waals surface area (Å²) in [7, 11) is 0. The van der Waals surface area contributed by atoms with Crippen molar-refractivity contribution < 1.29 is 0 Å². The fourth-order valence-electron chi connectivity index (χ4n) is 3.50. The van der Waals surface area contributed by atoms with Crippen molar-refractivity contribution in [3.8, 4) is 0 Å². The van der Waals surface area contributed by atoms with Crippen molar-refractivity contribution in [1.82, 2.24) is 0 Å². The van der Waals surface area contributed by atoms with Gasteiger partial charge in [0.1, 0.15) is 0 Å². The summed E-state index contributed by atoms with van der Waals surface area (Å²) < 4.78 is 0. The minimum Gasteiger partial charge on any atom is -0.121 e. The van der Waals surface area contributed by atoms with Gasteiger partial charge in [-0.2, -0.15) is 0 Å². The minimum atomic E-state index is 0.950. The third-order valence-electron chi connectivity index (χ3n) is 5.53. The molecule has 4 aromatic carbocycles. The van der Waals surface area contributed by atoms with Crippen LogP contribution in [0.4, 0.5) is 0 Å². The number of aryl methyl sites for hydroxylation is 2. The van der Waals surface area contributed by atoms with E-state index in [0.717, 1.165) is 11.5 Å². The lowest BCUT2D eigenvalue weighted by Gasteiger charge is -2.10. The maximum Gasteiger partial charge on any atom is 0.0232 e. The van der Waals surface area contributed by atoms with Crippen LogP contribution >= 0.6 is 23.5 Å². The largest absolute Gasteiger partial charge is 0.121 e. The van der Waals surface area contributed by atoms with Gasteiger partial charge in [0.05, 0.1) is 0 Å². The molecule has 34 heavy (non-hydrogen) atoms. The topological polar surface area (TPSA) is 0 Å². The molecule has 0 N–H and O–H groups in total. The van der Waals surface area contributed by atoms with E-state index in [1.54, 1.807) is 0 Å². The molecule has 2 heteroatoms. The molecule has 0 nitrogen and oxygen atoms in total. The first-order valence-electron chi connectivity index (χ1n) is 11.6. The van der Waals surface area contributed by atoms with E-state index in [9.17, 15) is 0 Å². The van der Waals surface area contributed by atoms with E-state index in [-0.39, 0.29) is 0 Å². The van der Waals surface area contributed by atoms with Crippen LogP contribution in [0.25, 0.3) is 9.81 Å². The van der Waals surface area contributed by atoms with Crippen LogP contribution in [-0.4, -0.2) is 0 Å². The summed E-state index contributed by atoms with van der Waals surface area (Å²) in [6.07, 6.45) is 4.58. The Balaban J connectivity index is 1.60. The van der Waals surface area contributed by atoms with E-state index in [0.29, 0.717) is 0 Å².